The third kappa shape index (κ3) is 3.39. The molecule has 6 nitrogen and oxygen atoms in total. The van der Waals surface area contributed by atoms with Crippen molar-refractivity contribution < 1.29 is 9.47 Å². The van der Waals surface area contributed by atoms with Gasteiger partial charge in [-0.2, -0.15) is 0 Å². The monoisotopic (exact) mass is 278 g/mol. The Hall–Kier alpha value is -1.37. The average Bonchev–Trinajstić information content (AvgIpc) is 2.39. The smallest absolute Gasteiger partial charge is 0.126 e. The van der Waals surface area contributed by atoms with Gasteiger partial charge in [0.15, 0.2) is 0 Å². The first kappa shape index (κ1) is 13.6. The van der Waals surface area contributed by atoms with Gasteiger partial charge in [0.1, 0.15) is 18.2 Å². The third-order valence-corrected chi connectivity index (χ3v) is 3.97. The first-order valence-corrected chi connectivity index (χ1v) is 7.20. The molecule has 0 saturated carbocycles. The standard InChI is InChI=1S/C14H22N4O2/c15-14-9-13(1-2-16-14)20-8-7-17-3-5-18(6-4-17)12-10-19-11-12/h1-2,9,12H,3-8,10-11H2,(H2,15,16). The molecule has 0 radical (unpaired) electrons. The Kier molecular flexibility index (Phi) is 4.34. The van der Waals surface area contributed by atoms with Gasteiger partial charge in [0.05, 0.1) is 19.3 Å². The SMILES string of the molecule is Nc1cc(OCCN2CCN(C3COC3)CC2)ccn1. The average molecular weight is 278 g/mol. The Labute approximate surface area is 119 Å². The molecule has 0 spiro atoms. The van der Waals surface area contributed by atoms with Gasteiger partial charge in [0.25, 0.3) is 0 Å². The van der Waals surface area contributed by atoms with Crippen LogP contribution in [0.2, 0.25) is 0 Å². The predicted octanol–water partition coefficient (Wildman–Crippen LogP) is 0.0590. The molecule has 2 aliphatic heterocycles. The van der Waals surface area contributed by atoms with Crippen LogP contribution in [0.15, 0.2) is 18.3 Å². The van der Waals surface area contributed by atoms with E-state index in [0.29, 0.717) is 18.5 Å². The lowest BCUT2D eigenvalue weighted by molar-refractivity contribution is -0.0772. The van der Waals surface area contributed by atoms with Gasteiger partial charge in [0.2, 0.25) is 0 Å². The summed E-state index contributed by atoms with van der Waals surface area (Å²) in [6.45, 7) is 7.95. The number of hydrogen-bond donors (Lipinski definition) is 1. The zero-order valence-corrected chi connectivity index (χ0v) is 11.7. The van der Waals surface area contributed by atoms with E-state index in [4.69, 9.17) is 15.2 Å². The molecule has 110 valence electrons. The van der Waals surface area contributed by atoms with Crippen molar-refractivity contribution in [1.82, 2.24) is 14.8 Å². The minimum Gasteiger partial charge on any atom is -0.492 e. The largest absolute Gasteiger partial charge is 0.492 e. The molecule has 6 heteroatoms. The fourth-order valence-electron chi connectivity index (χ4n) is 2.60. The summed E-state index contributed by atoms with van der Waals surface area (Å²) in [5.74, 6) is 1.29. The van der Waals surface area contributed by atoms with Gasteiger partial charge in [0, 0.05) is 45.0 Å². The van der Waals surface area contributed by atoms with Gasteiger partial charge in [-0.15, -0.1) is 0 Å². The number of aromatic nitrogens is 1. The molecular formula is C14H22N4O2. The van der Waals surface area contributed by atoms with Crippen LogP contribution < -0.4 is 10.5 Å². The fourth-order valence-corrected chi connectivity index (χ4v) is 2.60. The maximum absolute atomic E-state index is 5.70. The van der Waals surface area contributed by atoms with Crippen molar-refractivity contribution in [3.8, 4) is 5.75 Å². The number of nitrogens with two attached hydrogens (primary N) is 1. The van der Waals surface area contributed by atoms with Crippen molar-refractivity contribution in [2.45, 2.75) is 6.04 Å². The van der Waals surface area contributed by atoms with Crippen LogP contribution in [0.5, 0.6) is 5.75 Å². The summed E-state index contributed by atoms with van der Waals surface area (Å²) in [4.78, 5) is 8.92. The number of hydrogen-bond acceptors (Lipinski definition) is 6. The van der Waals surface area contributed by atoms with E-state index in [2.05, 4.69) is 14.8 Å². The highest BCUT2D eigenvalue weighted by molar-refractivity contribution is 5.35. The number of nitrogen functional groups attached to an aromatic ring is 1. The molecule has 2 aliphatic rings. The van der Waals surface area contributed by atoms with Crippen LogP contribution in [-0.4, -0.2) is 73.4 Å². The number of piperazine rings is 1. The first-order chi connectivity index (χ1) is 9.81. The lowest BCUT2D eigenvalue weighted by Crippen LogP contribution is -2.56. The van der Waals surface area contributed by atoms with E-state index in [1.807, 2.05) is 6.07 Å². The molecule has 0 atom stereocenters. The molecule has 3 rings (SSSR count). The van der Waals surface area contributed by atoms with Crippen LogP contribution in [0.4, 0.5) is 5.82 Å². The molecule has 2 fully saturated rings. The molecule has 3 heterocycles. The van der Waals surface area contributed by atoms with Crippen molar-refractivity contribution >= 4 is 5.82 Å². The lowest BCUT2D eigenvalue weighted by Gasteiger charge is -2.42. The van der Waals surface area contributed by atoms with Gasteiger partial charge in [-0.25, -0.2) is 4.98 Å². The minimum atomic E-state index is 0.499. The van der Waals surface area contributed by atoms with Crippen molar-refractivity contribution in [2.24, 2.45) is 0 Å². The van der Waals surface area contributed by atoms with Crippen molar-refractivity contribution in [3.63, 3.8) is 0 Å². The molecule has 20 heavy (non-hydrogen) atoms. The highest BCUT2D eigenvalue weighted by atomic mass is 16.5. The van der Waals surface area contributed by atoms with Crippen molar-refractivity contribution in [3.05, 3.63) is 18.3 Å². The second kappa shape index (κ2) is 6.39. The van der Waals surface area contributed by atoms with Gasteiger partial charge in [-0.05, 0) is 6.07 Å². The van der Waals surface area contributed by atoms with Gasteiger partial charge in [-0.3, -0.25) is 9.80 Å². The van der Waals surface area contributed by atoms with Gasteiger partial charge in [-0.1, -0.05) is 0 Å². The van der Waals surface area contributed by atoms with Crippen LogP contribution in [0.25, 0.3) is 0 Å². The number of rotatable bonds is 5. The molecule has 0 unspecified atom stereocenters. The Balaban J connectivity index is 1.35. The van der Waals surface area contributed by atoms with E-state index in [-0.39, 0.29) is 0 Å². The van der Waals surface area contributed by atoms with Crippen molar-refractivity contribution in [1.29, 1.82) is 0 Å². The maximum atomic E-state index is 5.70. The molecule has 2 N–H and O–H groups in total. The summed E-state index contributed by atoms with van der Waals surface area (Å²) in [7, 11) is 0. The Bertz CT molecular complexity index is 431. The topological polar surface area (TPSA) is 63.9 Å². The molecule has 0 aromatic carbocycles. The van der Waals surface area contributed by atoms with E-state index in [1.54, 1.807) is 12.3 Å². The Morgan fingerprint density at radius 3 is 2.75 bits per heavy atom. The van der Waals surface area contributed by atoms with E-state index in [9.17, 15) is 0 Å². The zero-order chi connectivity index (χ0) is 13.8. The molecule has 1 aromatic heterocycles. The second-order valence-electron chi connectivity index (χ2n) is 5.33. The summed E-state index contributed by atoms with van der Waals surface area (Å²) < 4.78 is 10.9. The highest BCUT2D eigenvalue weighted by Gasteiger charge is 2.28. The van der Waals surface area contributed by atoms with E-state index < -0.39 is 0 Å². The Morgan fingerprint density at radius 2 is 2.10 bits per heavy atom. The summed E-state index contributed by atoms with van der Waals surface area (Å²) in [6, 6.07) is 4.26. The predicted molar refractivity (Wildman–Crippen MR) is 76.8 cm³/mol. The molecular weight excluding hydrogens is 256 g/mol. The number of ether oxygens (including phenoxy) is 2. The maximum Gasteiger partial charge on any atom is 0.126 e. The normalized spacial score (nSPS) is 21.6. The molecule has 2 saturated heterocycles. The van der Waals surface area contributed by atoms with Crippen LogP contribution in [-0.2, 0) is 4.74 Å². The Morgan fingerprint density at radius 1 is 1.30 bits per heavy atom. The van der Waals surface area contributed by atoms with E-state index >= 15 is 0 Å². The first-order valence-electron chi connectivity index (χ1n) is 7.20. The number of pyridine rings is 1. The fraction of sp³-hybridized carbons (Fsp3) is 0.643. The number of nitrogens with zero attached hydrogens (tertiary/aromatic N) is 3. The van der Waals surface area contributed by atoms with E-state index in [1.165, 1.54) is 0 Å². The second-order valence-corrected chi connectivity index (χ2v) is 5.33. The lowest BCUT2D eigenvalue weighted by atomic mass is 10.2. The van der Waals surface area contributed by atoms with Crippen molar-refractivity contribution in [2.75, 3.05) is 58.3 Å². The van der Waals surface area contributed by atoms with Gasteiger partial charge >= 0.3 is 0 Å². The van der Waals surface area contributed by atoms with Crippen LogP contribution >= 0.6 is 0 Å². The third-order valence-electron chi connectivity index (χ3n) is 3.97. The van der Waals surface area contributed by atoms with Crippen LogP contribution in [0.1, 0.15) is 0 Å². The molecule has 0 aliphatic carbocycles. The van der Waals surface area contributed by atoms with E-state index in [0.717, 1.165) is 51.7 Å². The highest BCUT2D eigenvalue weighted by Crippen LogP contribution is 2.14. The molecule has 1 aromatic rings. The minimum absolute atomic E-state index is 0.499. The summed E-state index contributed by atoms with van der Waals surface area (Å²) in [6.07, 6.45) is 1.67. The van der Waals surface area contributed by atoms with Crippen LogP contribution in [0.3, 0.4) is 0 Å². The van der Waals surface area contributed by atoms with Crippen LogP contribution in [0, 0.1) is 0 Å². The van der Waals surface area contributed by atoms with Gasteiger partial charge < -0.3 is 15.2 Å². The zero-order valence-electron chi connectivity index (χ0n) is 11.7. The summed E-state index contributed by atoms with van der Waals surface area (Å²) >= 11 is 0. The molecule has 0 bridgehead atoms. The molecule has 0 amide bonds. The number of anilines is 1. The summed E-state index contributed by atoms with van der Waals surface area (Å²) in [5, 5.41) is 0. The quantitative estimate of drug-likeness (QED) is 0.821. The summed E-state index contributed by atoms with van der Waals surface area (Å²) in [5.41, 5.74) is 5.62.